The summed E-state index contributed by atoms with van der Waals surface area (Å²) < 4.78 is 2.84. The Morgan fingerprint density at radius 2 is 2.16 bits per heavy atom. The summed E-state index contributed by atoms with van der Waals surface area (Å²) in [5, 5.41) is 5.49. The molecule has 0 bridgehead atoms. The van der Waals surface area contributed by atoms with Crippen LogP contribution in [0.2, 0.25) is 0 Å². The van der Waals surface area contributed by atoms with Crippen molar-refractivity contribution in [1.82, 2.24) is 14.8 Å². The van der Waals surface area contributed by atoms with Gasteiger partial charge in [0, 0.05) is 22.1 Å². The first-order valence-corrected chi connectivity index (χ1v) is 6.76. The highest BCUT2D eigenvalue weighted by Crippen LogP contribution is 2.26. The molecule has 3 rings (SSSR count). The van der Waals surface area contributed by atoms with Crippen LogP contribution in [0.1, 0.15) is 11.3 Å². The second-order valence-corrected chi connectivity index (χ2v) is 5.33. The first kappa shape index (κ1) is 12.2. The van der Waals surface area contributed by atoms with Crippen LogP contribution in [0, 0.1) is 6.92 Å². The van der Waals surface area contributed by atoms with E-state index in [9.17, 15) is 0 Å². The molecule has 0 radical (unpaired) electrons. The van der Waals surface area contributed by atoms with Crippen molar-refractivity contribution < 1.29 is 0 Å². The van der Waals surface area contributed by atoms with Crippen molar-refractivity contribution in [2.24, 2.45) is 0 Å². The molecular weight excluding hydrogens is 304 g/mol. The monoisotopic (exact) mass is 316 g/mol. The zero-order valence-corrected chi connectivity index (χ0v) is 12.1. The van der Waals surface area contributed by atoms with Crippen molar-refractivity contribution in [3.05, 3.63) is 52.3 Å². The number of hydrogen-bond acceptors (Lipinski definition) is 3. The Bertz CT molecular complexity index is 748. The Kier molecular flexibility index (Phi) is 2.98. The lowest BCUT2D eigenvalue weighted by atomic mass is 10.1. The zero-order valence-electron chi connectivity index (χ0n) is 10.5. The standard InChI is InChI=1S/C14H13BrN4/c1-9-7-13(16)19(18-9)8-10-4-5-12(15)11-3-2-6-17-14(10)11/h2-7H,8,16H2,1H3. The van der Waals surface area contributed by atoms with Crippen LogP contribution in [0.15, 0.2) is 41.0 Å². The Hall–Kier alpha value is -1.88. The van der Waals surface area contributed by atoms with Gasteiger partial charge in [-0.2, -0.15) is 5.10 Å². The fraction of sp³-hybridized carbons (Fsp3) is 0.143. The van der Waals surface area contributed by atoms with E-state index in [1.165, 1.54) is 0 Å². The largest absolute Gasteiger partial charge is 0.384 e. The van der Waals surface area contributed by atoms with E-state index in [1.54, 1.807) is 10.9 Å². The van der Waals surface area contributed by atoms with Gasteiger partial charge in [-0.15, -0.1) is 0 Å². The predicted octanol–water partition coefficient (Wildman–Crippen LogP) is 3.13. The van der Waals surface area contributed by atoms with Crippen molar-refractivity contribution in [2.45, 2.75) is 13.5 Å². The number of nitrogens with zero attached hydrogens (tertiary/aromatic N) is 3. The maximum absolute atomic E-state index is 5.93. The van der Waals surface area contributed by atoms with Crippen LogP contribution in [0.25, 0.3) is 10.9 Å². The van der Waals surface area contributed by atoms with Gasteiger partial charge in [-0.05, 0) is 24.6 Å². The van der Waals surface area contributed by atoms with Crippen molar-refractivity contribution in [1.29, 1.82) is 0 Å². The van der Waals surface area contributed by atoms with Gasteiger partial charge in [-0.25, -0.2) is 4.68 Å². The van der Waals surface area contributed by atoms with Crippen LogP contribution in [-0.4, -0.2) is 14.8 Å². The van der Waals surface area contributed by atoms with E-state index in [0.717, 1.165) is 26.6 Å². The molecule has 0 spiro atoms. The molecule has 0 aliphatic rings. The third-order valence-electron chi connectivity index (χ3n) is 3.05. The molecule has 0 aliphatic heterocycles. The van der Waals surface area contributed by atoms with Crippen LogP contribution < -0.4 is 5.73 Å². The van der Waals surface area contributed by atoms with Gasteiger partial charge in [0.1, 0.15) is 5.82 Å². The maximum Gasteiger partial charge on any atom is 0.122 e. The number of aromatic nitrogens is 3. The first-order valence-electron chi connectivity index (χ1n) is 5.97. The average Bonchev–Trinajstić information content (AvgIpc) is 2.72. The Balaban J connectivity index is 2.11. The molecule has 2 N–H and O–H groups in total. The number of nitrogen functional groups attached to an aromatic ring is 1. The number of halogens is 1. The molecule has 96 valence electrons. The minimum atomic E-state index is 0.625. The van der Waals surface area contributed by atoms with Gasteiger partial charge >= 0.3 is 0 Å². The molecule has 1 aromatic carbocycles. The SMILES string of the molecule is Cc1cc(N)n(Cc2ccc(Br)c3cccnc23)n1. The molecule has 3 aromatic rings. The quantitative estimate of drug-likeness (QED) is 0.790. The summed E-state index contributed by atoms with van der Waals surface area (Å²) in [6, 6.07) is 9.94. The summed E-state index contributed by atoms with van der Waals surface area (Å²) in [6.07, 6.45) is 1.80. The average molecular weight is 317 g/mol. The van der Waals surface area contributed by atoms with Crippen LogP contribution in [0.4, 0.5) is 5.82 Å². The Morgan fingerprint density at radius 3 is 2.89 bits per heavy atom. The number of pyridine rings is 1. The molecule has 4 nitrogen and oxygen atoms in total. The highest BCUT2D eigenvalue weighted by molar-refractivity contribution is 9.10. The van der Waals surface area contributed by atoms with E-state index in [4.69, 9.17) is 5.73 Å². The molecule has 5 heteroatoms. The molecule has 19 heavy (non-hydrogen) atoms. The van der Waals surface area contributed by atoms with Gasteiger partial charge in [0.25, 0.3) is 0 Å². The fourth-order valence-corrected chi connectivity index (χ4v) is 2.63. The number of fused-ring (bicyclic) bond motifs is 1. The molecule has 0 unspecified atom stereocenters. The molecule has 0 fully saturated rings. The summed E-state index contributed by atoms with van der Waals surface area (Å²) in [7, 11) is 0. The van der Waals surface area contributed by atoms with Crippen LogP contribution in [0.3, 0.4) is 0 Å². The fourth-order valence-electron chi connectivity index (χ4n) is 2.18. The minimum absolute atomic E-state index is 0.625. The minimum Gasteiger partial charge on any atom is -0.384 e. The summed E-state index contributed by atoms with van der Waals surface area (Å²) in [6.45, 7) is 2.56. The third kappa shape index (κ3) is 2.21. The topological polar surface area (TPSA) is 56.7 Å². The smallest absolute Gasteiger partial charge is 0.122 e. The number of benzene rings is 1. The second-order valence-electron chi connectivity index (χ2n) is 4.47. The van der Waals surface area contributed by atoms with E-state index in [1.807, 2.05) is 31.2 Å². The highest BCUT2D eigenvalue weighted by Gasteiger charge is 2.08. The molecule has 2 heterocycles. The molecule has 0 amide bonds. The summed E-state index contributed by atoms with van der Waals surface area (Å²) in [5.74, 6) is 0.671. The normalized spacial score (nSPS) is 11.1. The zero-order chi connectivity index (χ0) is 13.4. The van der Waals surface area contributed by atoms with Crippen LogP contribution in [-0.2, 0) is 6.54 Å². The Morgan fingerprint density at radius 1 is 1.32 bits per heavy atom. The summed E-state index contributed by atoms with van der Waals surface area (Å²) in [5.41, 5.74) is 8.94. The van der Waals surface area contributed by atoms with Crippen LogP contribution >= 0.6 is 15.9 Å². The number of aryl methyl sites for hydroxylation is 1. The molecule has 2 aromatic heterocycles. The van der Waals surface area contributed by atoms with E-state index in [2.05, 4.69) is 32.1 Å². The van der Waals surface area contributed by atoms with Gasteiger partial charge in [-0.3, -0.25) is 4.98 Å². The number of anilines is 1. The molecule has 0 aliphatic carbocycles. The second kappa shape index (κ2) is 4.66. The van der Waals surface area contributed by atoms with Crippen LogP contribution in [0.5, 0.6) is 0 Å². The molecule has 0 saturated heterocycles. The lowest BCUT2D eigenvalue weighted by Crippen LogP contribution is -2.06. The van der Waals surface area contributed by atoms with E-state index < -0.39 is 0 Å². The number of nitrogens with two attached hydrogens (primary N) is 1. The lowest BCUT2D eigenvalue weighted by molar-refractivity contribution is 0.691. The third-order valence-corrected chi connectivity index (χ3v) is 3.74. The highest BCUT2D eigenvalue weighted by atomic mass is 79.9. The number of hydrogen-bond donors (Lipinski definition) is 1. The summed E-state index contributed by atoms with van der Waals surface area (Å²) in [4.78, 5) is 4.46. The van der Waals surface area contributed by atoms with Crippen molar-refractivity contribution in [3.8, 4) is 0 Å². The van der Waals surface area contributed by atoms with E-state index >= 15 is 0 Å². The van der Waals surface area contributed by atoms with Gasteiger partial charge < -0.3 is 5.73 Å². The Labute approximate surface area is 119 Å². The van der Waals surface area contributed by atoms with Crippen molar-refractivity contribution >= 4 is 32.7 Å². The molecular formula is C14H13BrN4. The molecule has 0 atom stereocenters. The van der Waals surface area contributed by atoms with E-state index in [0.29, 0.717) is 12.4 Å². The van der Waals surface area contributed by atoms with Gasteiger partial charge in [0.05, 0.1) is 17.8 Å². The summed E-state index contributed by atoms with van der Waals surface area (Å²) >= 11 is 3.55. The maximum atomic E-state index is 5.93. The van der Waals surface area contributed by atoms with Crippen molar-refractivity contribution in [2.75, 3.05) is 5.73 Å². The predicted molar refractivity (Wildman–Crippen MR) is 79.9 cm³/mol. The van der Waals surface area contributed by atoms with Crippen molar-refractivity contribution in [3.63, 3.8) is 0 Å². The lowest BCUT2D eigenvalue weighted by Gasteiger charge is -2.08. The van der Waals surface area contributed by atoms with Gasteiger partial charge in [0.2, 0.25) is 0 Å². The van der Waals surface area contributed by atoms with E-state index in [-0.39, 0.29) is 0 Å². The molecule has 0 saturated carbocycles. The van der Waals surface area contributed by atoms with Gasteiger partial charge in [-0.1, -0.05) is 28.1 Å². The number of rotatable bonds is 2. The van der Waals surface area contributed by atoms with Gasteiger partial charge in [0.15, 0.2) is 0 Å². The first-order chi connectivity index (χ1) is 9.15.